The number of nitrogens with zero attached hydrogens (tertiary/aromatic N) is 2. The molecule has 3 nitrogen and oxygen atoms in total. The Hall–Kier alpha value is -1.94. The number of nitrogens with one attached hydrogen (secondary N) is 1. The summed E-state index contributed by atoms with van der Waals surface area (Å²) in [6.07, 6.45) is 0. The van der Waals surface area contributed by atoms with Gasteiger partial charge >= 0.3 is 0 Å². The number of rotatable bonds is 3. The SMILES string of the molecule is CCNc1cc(C)nc(-c2csc3ccccc23)n1. The van der Waals surface area contributed by atoms with E-state index in [1.807, 2.05) is 13.0 Å². The van der Waals surface area contributed by atoms with Crippen LogP contribution in [0.1, 0.15) is 12.6 Å². The number of aromatic nitrogens is 2. The van der Waals surface area contributed by atoms with Gasteiger partial charge in [-0.1, -0.05) is 18.2 Å². The van der Waals surface area contributed by atoms with Crippen LogP contribution in [0.25, 0.3) is 21.5 Å². The van der Waals surface area contributed by atoms with Gasteiger partial charge in [0.05, 0.1) is 0 Å². The molecule has 0 unspecified atom stereocenters. The molecule has 2 heterocycles. The van der Waals surface area contributed by atoms with E-state index in [0.29, 0.717) is 0 Å². The zero-order valence-corrected chi connectivity index (χ0v) is 11.8. The van der Waals surface area contributed by atoms with Gasteiger partial charge in [0, 0.05) is 39.3 Å². The van der Waals surface area contributed by atoms with Gasteiger partial charge in [-0.05, 0) is 19.9 Å². The first-order valence-corrected chi connectivity index (χ1v) is 7.22. The van der Waals surface area contributed by atoms with Gasteiger partial charge in [0.2, 0.25) is 0 Å². The Morgan fingerprint density at radius 2 is 2.05 bits per heavy atom. The molecule has 3 rings (SSSR count). The summed E-state index contributed by atoms with van der Waals surface area (Å²) in [4.78, 5) is 9.16. The smallest absolute Gasteiger partial charge is 0.163 e. The van der Waals surface area contributed by atoms with Crippen LogP contribution in [0.5, 0.6) is 0 Å². The summed E-state index contributed by atoms with van der Waals surface area (Å²) < 4.78 is 1.27. The van der Waals surface area contributed by atoms with E-state index in [9.17, 15) is 0 Å². The van der Waals surface area contributed by atoms with Gasteiger partial charge in [-0.25, -0.2) is 9.97 Å². The molecule has 0 aliphatic rings. The third kappa shape index (κ3) is 2.31. The average Bonchev–Trinajstić information content (AvgIpc) is 2.82. The fourth-order valence-electron chi connectivity index (χ4n) is 2.11. The third-order valence-corrected chi connectivity index (χ3v) is 3.90. The summed E-state index contributed by atoms with van der Waals surface area (Å²) in [6, 6.07) is 10.3. The number of aryl methyl sites for hydroxylation is 1. The Balaban J connectivity index is 2.15. The van der Waals surface area contributed by atoms with Crippen LogP contribution in [-0.4, -0.2) is 16.5 Å². The largest absolute Gasteiger partial charge is 0.370 e. The lowest BCUT2D eigenvalue weighted by molar-refractivity contribution is 1.08. The van der Waals surface area contributed by atoms with Crippen LogP contribution in [0, 0.1) is 6.92 Å². The summed E-state index contributed by atoms with van der Waals surface area (Å²) in [5, 5.41) is 6.61. The van der Waals surface area contributed by atoms with E-state index in [-0.39, 0.29) is 0 Å². The maximum absolute atomic E-state index is 4.60. The highest BCUT2D eigenvalue weighted by molar-refractivity contribution is 7.17. The van der Waals surface area contributed by atoms with E-state index >= 15 is 0 Å². The van der Waals surface area contributed by atoms with Crippen molar-refractivity contribution < 1.29 is 0 Å². The zero-order valence-electron chi connectivity index (χ0n) is 11.0. The maximum Gasteiger partial charge on any atom is 0.163 e. The van der Waals surface area contributed by atoms with Gasteiger partial charge in [0.1, 0.15) is 5.82 Å². The lowest BCUT2D eigenvalue weighted by atomic mass is 10.1. The second kappa shape index (κ2) is 4.97. The van der Waals surface area contributed by atoms with Crippen molar-refractivity contribution in [3.8, 4) is 11.4 Å². The van der Waals surface area contributed by atoms with Crippen molar-refractivity contribution in [1.82, 2.24) is 9.97 Å². The first-order valence-electron chi connectivity index (χ1n) is 6.34. The predicted molar refractivity (Wildman–Crippen MR) is 81.8 cm³/mol. The van der Waals surface area contributed by atoms with Crippen molar-refractivity contribution in [3.63, 3.8) is 0 Å². The second-order valence-electron chi connectivity index (χ2n) is 4.39. The molecular formula is C15H15N3S. The molecule has 0 aliphatic carbocycles. The molecule has 0 saturated carbocycles. The maximum atomic E-state index is 4.60. The van der Waals surface area contributed by atoms with E-state index in [4.69, 9.17) is 0 Å². The van der Waals surface area contributed by atoms with Crippen molar-refractivity contribution in [2.75, 3.05) is 11.9 Å². The van der Waals surface area contributed by atoms with Gasteiger partial charge < -0.3 is 5.32 Å². The first kappa shape index (κ1) is 12.1. The van der Waals surface area contributed by atoms with Crippen molar-refractivity contribution in [2.45, 2.75) is 13.8 Å². The third-order valence-electron chi connectivity index (χ3n) is 2.93. The Labute approximate surface area is 116 Å². The zero-order chi connectivity index (χ0) is 13.2. The molecule has 0 radical (unpaired) electrons. The highest BCUT2D eigenvalue weighted by Crippen LogP contribution is 2.32. The van der Waals surface area contributed by atoms with Crippen LogP contribution in [0.2, 0.25) is 0 Å². The Bertz CT molecular complexity index is 718. The van der Waals surface area contributed by atoms with Crippen LogP contribution in [0.15, 0.2) is 35.7 Å². The number of benzene rings is 1. The fraction of sp³-hybridized carbons (Fsp3) is 0.200. The van der Waals surface area contributed by atoms with Crippen LogP contribution < -0.4 is 5.32 Å². The minimum Gasteiger partial charge on any atom is -0.370 e. The second-order valence-corrected chi connectivity index (χ2v) is 5.31. The molecule has 3 aromatic rings. The molecule has 1 aromatic carbocycles. The van der Waals surface area contributed by atoms with Gasteiger partial charge in [0.15, 0.2) is 5.82 Å². The normalized spacial score (nSPS) is 10.8. The molecule has 4 heteroatoms. The van der Waals surface area contributed by atoms with E-state index in [1.54, 1.807) is 11.3 Å². The molecule has 2 aromatic heterocycles. The van der Waals surface area contributed by atoms with E-state index < -0.39 is 0 Å². The van der Waals surface area contributed by atoms with Crippen LogP contribution in [0.4, 0.5) is 5.82 Å². The lowest BCUT2D eigenvalue weighted by Crippen LogP contribution is -2.02. The summed E-state index contributed by atoms with van der Waals surface area (Å²) in [6.45, 7) is 4.93. The minimum absolute atomic E-state index is 0.799. The molecule has 0 saturated heterocycles. The topological polar surface area (TPSA) is 37.8 Å². The average molecular weight is 269 g/mol. The number of hydrogen-bond acceptors (Lipinski definition) is 4. The Morgan fingerprint density at radius 1 is 1.21 bits per heavy atom. The summed E-state index contributed by atoms with van der Waals surface area (Å²) in [7, 11) is 0. The lowest BCUT2D eigenvalue weighted by Gasteiger charge is -2.06. The van der Waals surface area contributed by atoms with Crippen molar-refractivity contribution in [1.29, 1.82) is 0 Å². The number of fused-ring (bicyclic) bond motifs is 1. The fourth-order valence-corrected chi connectivity index (χ4v) is 3.05. The Kier molecular flexibility index (Phi) is 3.17. The molecule has 0 spiro atoms. The molecule has 19 heavy (non-hydrogen) atoms. The van der Waals surface area contributed by atoms with Gasteiger partial charge in [0.25, 0.3) is 0 Å². The number of hydrogen-bond donors (Lipinski definition) is 1. The predicted octanol–water partition coefficient (Wildman–Crippen LogP) is 4.10. The molecule has 0 aliphatic heterocycles. The first-order chi connectivity index (χ1) is 9.28. The molecule has 0 fully saturated rings. The number of anilines is 1. The van der Waals surface area contributed by atoms with E-state index in [1.165, 1.54) is 10.1 Å². The van der Waals surface area contributed by atoms with Gasteiger partial charge in [-0.15, -0.1) is 11.3 Å². The summed E-state index contributed by atoms with van der Waals surface area (Å²) >= 11 is 1.73. The van der Waals surface area contributed by atoms with Crippen LogP contribution in [-0.2, 0) is 0 Å². The molecule has 0 bridgehead atoms. The van der Waals surface area contributed by atoms with Crippen LogP contribution >= 0.6 is 11.3 Å². The molecule has 96 valence electrons. The van der Waals surface area contributed by atoms with Crippen molar-refractivity contribution >= 4 is 27.2 Å². The molecule has 0 atom stereocenters. The Morgan fingerprint density at radius 3 is 2.89 bits per heavy atom. The summed E-state index contributed by atoms with van der Waals surface area (Å²) in [5.74, 6) is 1.69. The van der Waals surface area contributed by atoms with Gasteiger partial charge in [-0.3, -0.25) is 0 Å². The monoisotopic (exact) mass is 269 g/mol. The minimum atomic E-state index is 0.799. The number of thiophene rings is 1. The van der Waals surface area contributed by atoms with Gasteiger partial charge in [-0.2, -0.15) is 0 Å². The quantitative estimate of drug-likeness (QED) is 0.778. The van der Waals surface area contributed by atoms with E-state index in [0.717, 1.165) is 29.4 Å². The molecule has 1 N–H and O–H groups in total. The van der Waals surface area contributed by atoms with Crippen molar-refractivity contribution in [3.05, 3.63) is 41.4 Å². The highest BCUT2D eigenvalue weighted by atomic mass is 32.1. The summed E-state index contributed by atoms with van der Waals surface area (Å²) in [5.41, 5.74) is 2.10. The molecular weight excluding hydrogens is 254 g/mol. The highest BCUT2D eigenvalue weighted by Gasteiger charge is 2.10. The van der Waals surface area contributed by atoms with Crippen molar-refractivity contribution in [2.24, 2.45) is 0 Å². The standard InChI is InChI=1S/C15H15N3S/c1-3-16-14-8-10(2)17-15(18-14)12-9-19-13-7-5-4-6-11(12)13/h4-9H,3H2,1-2H3,(H,16,17,18). The molecule has 0 amide bonds. The van der Waals surface area contributed by atoms with Crippen LogP contribution in [0.3, 0.4) is 0 Å². The van der Waals surface area contributed by atoms with E-state index in [2.05, 4.69) is 51.9 Å².